The van der Waals surface area contributed by atoms with Crippen LogP contribution in [0.2, 0.25) is 0 Å². The Labute approximate surface area is 116 Å². The molecule has 2 aromatic carbocycles. The van der Waals surface area contributed by atoms with Crippen LogP contribution in [0.4, 0.5) is 11.5 Å². The van der Waals surface area contributed by atoms with Crippen LogP contribution in [0.3, 0.4) is 0 Å². The molecule has 3 aromatic rings. The van der Waals surface area contributed by atoms with Gasteiger partial charge in [0.05, 0.1) is 0 Å². The summed E-state index contributed by atoms with van der Waals surface area (Å²) >= 11 is 0. The molecular formula is C17H14N2O. The lowest BCUT2D eigenvalue weighted by atomic mass is 10.1. The summed E-state index contributed by atoms with van der Waals surface area (Å²) in [5, 5.41) is 1.80. The molecule has 0 fully saturated rings. The maximum atomic E-state index is 12.5. The summed E-state index contributed by atoms with van der Waals surface area (Å²) in [5.74, 6) is 0.986. The molecule has 0 N–H and O–H groups in total. The van der Waals surface area contributed by atoms with E-state index in [9.17, 15) is 4.79 Å². The topological polar surface area (TPSA) is 25.2 Å². The molecule has 0 atom stereocenters. The third-order valence-electron chi connectivity index (χ3n) is 3.89. The van der Waals surface area contributed by atoms with Gasteiger partial charge in [-0.25, -0.2) is 0 Å². The van der Waals surface area contributed by atoms with Gasteiger partial charge in [0, 0.05) is 24.2 Å². The van der Waals surface area contributed by atoms with E-state index in [2.05, 4.69) is 23.1 Å². The van der Waals surface area contributed by atoms with Gasteiger partial charge in [0.2, 0.25) is 0 Å². The predicted octanol–water partition coefficient (Wildman–Crippen LogP) is 3.15. The standard InChI is InChI=1S/C17H14N2O/c20-17-15-9-5-4-6-13(15)12-16-18(10-11-19(16)17)14-7-2-1-3-8-14/h1-9,12H,10-11H2. The van der Waals surface area contributed by atoms with Gasteiger partial charge in [-0.1, -0.05) is 36.4 Å². The first-order chi connectivity index (χ1) is 9.84. The lowest BCUT2D eigenvalue weighted by Crippen LogP contribution is -2.18. The van der Waals surface area contributed by atoms with Gasteiger partial charge in [-0.05, 0) is 29.7 Å². The zero-order valence-corrected chi connectivity index (χ0v) is 11.0. The average molecular weight is 262 g/mol. The van der Waals surface area contributed by atoms with Gasteiger partial charge < -0.3 is 4.90 Å². The van der Waals surface area contributed by atoms with Crippen LogP contribution in [-0.4, -0.2) is 11.1 Å². The molecule has 1 aliphatic heterocycles. The van der Waals surface area contributed by atoms with Crippen LogP contribution >= 0.6 is 0 Å². The Hall–Kier alpha value is -2.55. The van der Waals surface area contributed by atoms with Crippen molar-refractivity contribution in [3.63, 3.8) is 0 Å². The molecule has 3 nitrogen and oxygen atoms in total. The Bertz CT molecular complexity index is 836. The molecule has 20 heavy (non-hydrogen) atoms. The van der Waals surface area contributed by atoms with Crippen molar-refractivity contribution >= 4 is 22.3 Å². The molecule has 1 aromatic heterocycles. The van der Waals surface area contributed by atoms with Crippen molar-refractivity contribution in [3.8, 4) is 0 Å². The number of aromatic nitrogens is 1. The van der Waals surface area contributed by atoms with Gasteiger partial charge in [-0.15, -0.1) is 0 Å². The molecule has 4 rings (SSSR count). The fourth-order valence-electron chi connectivity index (χ4n) is 2.91. The Morgan fingerprint density at radius 1 is 0.850 bits per heavy atom. The van der Waals surface area contributed by atoms with E-state index in [1.54, 1.807) is 0 Å². The maximum Gasteiger partial charge on any atom is 0.260 e. The van der Waals surface area contributed by atoms with Crippen LogP contribution < -0.4 is 10.5 Å². The van der Waals surface area contributed by atoms with Crippen molar-refractivity contribution in [2.75, 3.05) is 11.4 Å². The molecular weight excluding hydrogens is 248 g/mol. The first kappa shape index (κ1) is 11.3. The number of fused-ring (bicyclic) bond motifs is 2. The zero-order chi connectivity index (χ0) is 13.5. The minimum atomic E-state index is 0.108. The fourth-order valence-corrected chi connectivity index (χ4v) is 2.91. The normalized spacial score (nSPS) is 13.7. The van der Waals surface area contributed by atoms with E-state index in [0.717, 1.165) is 35.4 Å². The molecule has 3 heteroatoms. The largest absolute Gasteiger partial charge is 0.326 e. The molecule has 0 unspecified atom stereocenters. The highest BCUT2D eigenvalue weighted by molar-refractivity contribution is 5.85. The lowest BCUT2D eigenvalue weighted by molar-refractivity contribution is 0.773. The van der Waals surface area contributed by atoms with Crippen molar-refractivity contribution < 1.29 is 0 Å². The first-order valence-electron chi connectivity index (χ1n) is 6.80. The SMILES string of the molecule is O=c1c2ccccc2cc2n1CCN2c1ccccc1. The molecule has 0 aliphatic carbocycles. The third kappa shape index (κ3) is 1.56. The summed E-state index contributed by atoms with van der Waals surface area (Å²) in [7, 11) is 0. The van der Waals surface area contributed by atoms with Gasteiger partial charge in [0.1, 0.15) is 5.82 Å². The lowest BCUT2D eigenvalue weighted by Gasteiger charge is -2.18. The number of hydrogen-bond acceptors (Lipinski definition) is 2. The van der Waals surface area contributed by atoms with E-state index < -0.39 is 0 Å². The van der Waals surface area contributed by atoms with E-state index in [-0.39, 0.29) is 5.56 Å². The summed E-state index contributed by atoms with van der Waals surface area (Å²) in [4.78, 5) is 14.7. The van der Waals surface area contributed by atoms with E-state index in [4.69, 9.17) is 0 Å². The molecule has 0 bridgehead atoms. The summed E-state index contributed by atoms with van der Waals surface area (Å²) in [6, 6.07) is 20.1. The number of benzene rings is 2. The Morgan fingerprint density at radius 2 is 1.60 bits per heavy atom. The van der Waals surface area contributed by atoms with Gasteiger partial charge in [0.15, 0.2) is 0 Å². The van der Waals surface area contributed by atoms with Crippen molar-refractivity contribution in [1.82, 2.24) is 4.57 Å². The summed E-state index contributed by atoms with van der Waals surface area (Å²) in [6.45, 7) is 1.59. The summed E-state index contributed by atoms with van der Waals surface area (Å²) in [6.07, 6.45) is 0. The Morgan fingerprint density at radius 3 is 2.45 bits per heavy atom. The molecule has 0 amide bonds. The van der Waals surface area contributed by atoms with Crippen molar-refractivity contribution in [2.45, 2.75) is 6.54 Å². The van der Waals surface area contributed by atoms with Crippen LogP contribution in [0.25, 0.3) is 10.8 Å². The molecule has 0 saturated carbocycles. The molecule has 1 aliphatic rings. The average Bonchev–Trinajstić information content (AvgIpc) is 2.92. The van der Waals surface area contributed by atoms with Gasteiger partial charge >= 0.3 is 0 Å². The fraction of sp³-hybridized carbons (Fsp3) is 0.118. The van der Waals surface area contributed by atoms with E-state index >= 15 is 0 Å². The van der Waals surface area contributed by atoms with Crippen LogP contribution in [-0.2, 0) is 6.54 Å². The van der Waals surface area contributed by atoms with Crippen LogP contribution in [0.1, 0.15) is 0 Å². The Kier molecular flexibility index (Phi) is 2.39. The maximum absolute atomic E-state index is 12.5. The van der Waals surface area contributed by atoms with E-state index in [1.807, 2.05) is 47.0 Å². The molecule has 0 radical (unpaired) electrons. The molecule has 0 spiro atoms. The van der Waals surface area contributed by atoms with Crippen LogP contribution in [0.15, 0.2) is 65.5 Å². The number of rotatable bonds is 1. The Balaban J connectivity index is 1.96. The smallest absolute Gasteiger partial charge is 0.260 e. The van der Waals surface area contributed by atoms with Crippen molar-refractivity contribution in [1.29, 1.82) is 0 Å². The highest BCUT2D eigenvalue weighted by Gasteiger charge is 2.22. The number of hydrogen-bond donors (Lipinski definition) is 0. The molecule has 98 valence electrons. The van der Waals surface area contributed by atoms with Crippen molar-refractivity contribution in [3.05, 3.63) is 71.0 Å². The second-order valence-electron chi connectivity index (χ2n) is 5.03. The number of para-hydroxylation sites is 1. The third-order valence-corrected chi connectivity index (χ3v) is 3.89. The van der Waals surface area contributed by atoms with Crippen LogP contribution in [0.5, 0.6) is 0 Å². The minimum Gasteiger partial charge on any atom is -0.326 e. The second-order valence-corrected chi connectivity index (χ2v) is 5.03. The number of pyridine rings is 1. The van der Waals surface area contributed by atoms with Crippen LogP contribution in [0, 0.1) is 0 Å². The number of nitrogens with zero attached hydrogens (tertiary/aromatic N) is 2. The molecule has 0 saturated heterocycles. The predicted molar refractivity (Wildman–Crippen MR) is 81.7 cm³/mol. The minimum absolute atomic E-state index is 0.108. The summed E-state index contributed by atoms with van der Waals surface area (Å²) in [5.41, 5.74) is 1.24. The quantitative estimate of drug-likeness (QED) is 0.673. The monoisotopic (exact) mass is 262 g/mol. The summed E-state index contributed by atoms with van der Waals surface area (Å²) < 4.78 is 1.87. The zero-order valence-electron chi connectivity index (χ0n) is 11.0. The van der Waals surface area contributed by atoms with Gasteiger partial charge in [-0.3, -0.25) is 9.36 Å². The van der Waals surface area contributed by atoms with Crippen molar-refractivity contribution in [2.24, 2.45) is 0 Å². The highest BCUT2D eigenvalue weighted by Crippen LogP contribution is 2.30. The van der Waals surface area contributed by atoms with E-state index in [0.29, 0.717) is 0 Å². The second kappa shape index (κ2) is 4.23. The highest BCUT2D eigenvalue weighted by atomic mass is 16.1. The van der Waals surface area contributed by atoms with Gasteiger partial charge in [-0.2, -0.15) is 0 Å². The molecule has 2 heterocycles. The van der Waals surface area contributed by atoms with Gasteiger partial charge in [0.25, 0.3) is 5.56 Å². The number of anilines is 2. The van der Waals surface area contributed by atoms with E-state index in [1.165, 1.54) is 0 Å². The first-order valence-corrected chi connectivity index (χ1v) is 6.80.